The lowest BCUT2D eigenvalue weighted by molar-refractivity contribution is -0.118. The lowest BCUT2D eigenvalue weighted by Gasteiger charge is -2.32. The van der Waals surface area contributed by atoms with E-state index in [0.717, 1.165) is 41.4 Å². The molecule has 47 heavy (non-hydrogen) atoms. The Labute approximate surface area is 272 Å². The zero-order valence-corrected chi connectivity index (χ0v) is 26.7. The van der Waals surface area contributed by atoms with Crippen molar-refractivity contribution < 1.29 is 18.8 Å². The molecule has 0 unspecified atom stereocenters. The number of aromatic amines is 1. The van der Waals surface area contributed by atoms with E-state index in [1.807, 2.05) is 61.3 Å². The average molecular weight is 635 g/mol. The number of carbonyl (C=O) groups is 3. The number of amides is 3. The molecule has 5 N–H and O–H groups in total. The molecule has 0 saturated carbocycles. The molecular formula is C37H39FN6O3. The monoisotopic (exact) mass is 634 g/mol. The van der Waals surface area contributed by atoms with Crippen LogP contribution in [0.3, 0.4) is 0 Å². The Hall–Kier alpha value is -5.06. The Kier molecular flexibility index (Phi) is 9.06. The maximum atomic E-state index is 13.9. The number of carbonyl (C=O) groups excluding carboxylic acids is 3. The van der Waals surface area contributed by atoms with Gasteiger partial charge in [0.15, 0.2) is 0 Å². The van der Waals surface area contributed by atoms with E-state index in [9.17, 15) is 18.8 Å². The lowest BCUT2D eigenvalue weighted by Crippen LogP contribution is -2.47. The number of nitrogens with zero attached hydrogens (tertiary/aromatic N) is 3. The van der Waals surface area contributed by atoms with Gasteiger partial charge in [-0.05, 0) is 78.7 Å². The number of likely N-dealkylation sites (N-methyl/N-ethyl adjacent to an activating group) is 1. The highest BCUT2D eigenvalue weighted by atomic mass is 19.1. The van der Waals surface area contributed by atoms with Crippen molar-refractivity contribution >= 4 is 50.9 Å². The van der Waals surface area contributed by atoms with Crippen molar-refractivity contribution in [2.75, 3.05) is 38.1 Å². The van der Waals surface area contributed by atoms with E-state index >= 15 is 0 Å². The van der Waals surface area contributed by atoms with Gasteiger partial charge in [0.25, 0.3) is 11.8 Å². The molecule has 2 heterocycles. The molecule has 0 aliphatic carbocycles. The van der Waals surface area contributed by atoms with E-state index in [1.54, 1.807) is 23.1 Å². The number of H-pyrrole nitrogens is 1. The number of hydrogen-bond acceptors (Lipinski definition) is 5. The zero-order chi connectivity index (χ0) is 33.2. The minimum atomic E-state index is -0.585. The van der Waals surface area contributed by atoms with Crippen LogP contribution in [0.4, 0.5) is 15.8 Å². The third kappa shape index (κ3) is 6.09. The van der Waals surface area contributed by atoms with Crippen LogP contribution in [0.15, 0.2) is 72.8 Å². The van der Waals surface area contributed by atoms with Crippen molar-refractivity contribution in [3.63, 3.8) is 0 Å². The molecule has 3 amide bonds. The van der Waals surface area contributed by atoms with Gasteiger partial charge in [-0.25, -0.2) is 4.39 Å². The fraction of sp³-hybridized carbons (Fsp3) is 0.270. The smallest absolute Gasteiger partial charge is 0.254 e. The van der Waals surface area contributed by atoms with E-state index in [1.165, 1.54) is 12.1 Å². The summed E-state index contributed by atoms with van der Waals surface area (Å²) in [7, 11) is 2.04. The highest BCUT2D eigenvalue weighted by Crippen LogP contribution is 2.41. The van der Waals surface area contributed by atoms with Crippen molar-refractivity contribution in [1.82, 2.24) is 14.8 Å². The number of piperazine rings is 1. The predicted octanol–water partition coefficient (Wildman–Crippen LogP) is 5.93. The van der Waals surface area contributed by atoms with Gasteiger partial charge >= 0.3 is 0 Å². The van der Waals surface area contributed by atoms with E-state index < -0.39 is 11.7 Å². The summed E-state index contributed by atoms with van der Waals surface area (Å²) in [6, 6.07) is 20.6. The number of fused-ring (bicyclic) bond motifs is 3. The first-order chi connectivity index (χ1) is 22.7. The Bertz CT molecular complexity index is 1980. The summed E-state index contributed by atoms with van der Waals surface area (Å²) in [6.07, 6.45) is 1.87. The number of nitrogens with one attached hydrogen (secondary N) is 1. The summed E-state index contributed by atoms with van der Waals surface area (Å²) in [5.74, 6) is -1.14. The maximum Gasteiger partial charge on any atom is 0.254 e. The Morgan fingerprint density at radius 1 is 0.936 bits per heavy atom. The average Bonchev–Trinajstić information content (AvgIpc) is 3.46. The first-order valence-electron chi connectivity index (χ1n) is 16.0. The molecule has 1 aromatic heterocycles. The van der Waals surface area contributed by atoms with Crippen molar-refractivity contribution in [1.29, 1.82) is 0 Å². The van der Waals surface area contributed by atoms with Gasteiger partial charge < -0.3 is 26.3 Å². The van der Waals surface area contributed by atoms with Crippen LogP contribution in [0.25, 0.3) is 32.9 Å². The van der Waals surface area contributed by atoms with Gasteiger partial charge in [0.05, 0.1) is 16.8 Å². The number of nitrogens with two attached hydrogens (primary N) is 2. The molecule has 242 valence electrons. The fourth-order valence-corrected chi connectivity index (χ4v) is 6.47. The number of anilines is 2. The molecule has 9 nitrogen and oxygen atoms in total. The third-order valence-electron chi connectivity index (χ3n) is 9.02. The second-order valence-electron chi connectivity index (χ2n) is 12.1. The molecular weight excluding hydrogens is 595 g/mol. The topological polar surface area (TPSA) is 129 Å². The molecule has 0 radical (unpaired) electrons. The lowest BCUT2D eigenvalue weighted by atomic mass is 9.92. The van der Waals surface area contributed by atoms with Crippen LogP contribution in [0, 0.1) is 5.82 Å². The molecule has 6 rings (SSSR count). The van der Waals surface area contributed by atoms with E-state index in [4.69, 9.17) is 11.5 Å². The van der Waals surface area contributed by atoms with Crippen molar-refractivity contribution in [3.8, 4) is 11.1 Å². The second kappa shape index (κ2) is 13.4. The summed E-state index contributed by atoms with van der Waals surface area (Å²) in [5, 5.41) is 1.57. The summed E-state index contributed by atoms with van der Waals surface area (Å²) >= 11 is 0. The summed E-state index contributed by atoms with van der Waals surface area (Å²) < 4.78 is 13.9. The number of benzene rings is 4. The van der Waals surface area contributed by atoms with Crippen LogP contribution in [0.5, 0.6) is 0 Å². The molecule has 0 spiro atoms. The normalized spacial score (nSPS) is 13.7. The molecule has 1 aliphatic heterocycles. The SMILES string of the molecule is CCCCC(=O)N(c1ccc(F)cc1)c1cccc(-c2ccc(C(N)=O)c3[nH]c4cc(C(=O)N5CCN(C)CC5)ccc4c23)c1CN. The summed E-state index contributed by atoms with van der Waals surface area (Å²) in [4.78, 5) is 48.8. The quantitative estimate of drug-likeness (QED) is 0.185. The van der Waals surface area contributed by atoms with Crippen LogP contribution in [-0.4, -0.2) is 65.7 Å². The number of primary amides is 1. The molecule has 5 aromatic rings. The first-order valence-corrected chi connectivity index (χ1v) is 16.0. The second-order valence-corrected chi connectivity index (χ2v) is 12.1. The Morgan fingerprint density at radius 3 is 2.36 bits per heavy atom. The summed E-state index contributed by atoms with van der Waals surface area (Å²) in [6.45, 7) is 5.08. The minimum Gasteiger partial charge on any atom is -0.366 e. The van der Waals surface area contributed by atoms with Crippen molar-refractivity contribution in [3.05, 3.63) is 95.3 Å². The highest BCUT2D eigenvalue weighted by Gasteiger charge is 2.25. The minimum absolute atomic E-state index is 0.0410. The van der Waals surface area contributed by atoms with Crippen LogP contribution in [0.2, 0.25) is 0 Å². The third-order valence-corrected chi connectivity index (χ3v) is 9.02. The van der Waals surface area contributed by atoms with Gasteiger partial charge in [0, 0.05) is 66.7 Å². The molecule has 1 fully saturated rings. The molecule has 1 aliphatic rings. The highest BCUT2D eigenvalue weighted by molar-refractivity contribution is 6.21. The first kappa shape index (κ1) is 31.9. The van der Waals surface area contributed by atoms with E-state index in [2.05, 4.69) is 9.88 Å². The molecule has 0 bridgehead atoms. The van der Waals surface area contributed by atoms with Crippen LogP contribution in [-0.2, 0) is 11.3 Å². The molecule has 1 saturated heterocycles. The van der Waals surface area contributed by atoms with Gasteiger partial charge in [0.2, 0.25) is 5.91 Å². The van der Waals surface area contributed by atoms with E-state index in [0.29, 0.717) is 65.0 Å². The van der Waals surface area contributed by atoms with Gasteiger partial charge in [0.1, 0.15) is 5.82 Å². The van der Waals surface area contributed by atoms with Gasteiger partial charge in [-0.15, -0.1) is 0 Å². The van der Waals surface area contributed by atoms with Crippen molar-refractivity contribution in [2.24, 2.45) is 11.5 Å². The number of halogens is 1. The number of unbranched alkanes of at least 4 members (excludes halogenated alkanes) is 1. The van der Waals surface area contributed by atoms with Gasteiger partial charge in [-0.1, -0.05) is 37.6 Å². The zero-order valence-electron chi connectivity index (χ0n) is 26.7. The number of hydrogen-bond donors (Lipinski definition) is 3. The van der Waals surface area contributed by atoms with Crippen molar-refractivity contribution in [2.45, 2.75) is 32.7 Å². The van der Waals surface area contributed by atoms with Gasteiger partial charge in [-0.2, -0.15) is 0 Å². The van der Waals surface area contributed by atoms with Gasteiger partial charge in [-0.3, -0.25) is 19.3 Å². The molecule has 0 atom stereocenters. The Balaban J connectivity index is 1.52. The van der Waals surface area contributed by atoms with Crippen LogP contribution < -0.4 is 16.4 Å². The van der Waals surface area contributed by atoms with Crippen LogP contribution in [0.1, 0.15) is 52.5 Å². The number of aromatic nitrogens is 1. The Morgan fingerprint density at radius 2 is 1.68 bits per heavy atom. The summed E-state index contributed by atoms with van der Waals surface area (Å²) in [5.41, 5.74) is 17.8. The predicted molar refractivity (Wildman–Crippen MR) is 184 cm³/mol. The standard InChI is InChI=1S/C37H39FN6O3/c1-3-4-8-33(45)44(25-12-10-24(38)11-13-25)32-7-5-6-26(30(32)22-39)27-15-16-29(36(40)46)35-34(27)28-14-9-23(21-31(28)41-35)37(47)43-19-17-42(2)18-20-43/h5-7,9-16,21,41H,3-4,8,17-20,22,39H2,1-2H3,(H2,40,46). The fourth-order valence-electron chi connectivity index (χ4n) is 6.47. The van der Waals surface area contributed by atoms with E-state index in [-0.39, 0.29) is 18.4 Å². The molecule has 10 heteroatoms. The maximum absolute atomic E-state index is 13.9. The number of rotatable bonds is 9. The van der Waals surface area contributed by atoms with Crippen LogP contribution >= 0.6 is 0 Å². The largest absolute Gasteiger partial charge is 0.366 e. The molecule has 4 aromatic carbocycles.